The van der Waals surface area contributed by atoms with Crippen molar-refractivity contribution in [3.63, 3.8) is 0 Å². The molecular formula is C15H19BO3. The zero-order valence-corrected chi connectivity index (χ0v) is 11.3. The summed E-state index contributed by atoms with van der Waals surface area (Å²) in [5, 5.41) is 19.3. The number of phenolic OH excluding ortho intramolecular Hbond substituents is 1. The van der Waals surface area contributed by atoms with Crippen LogP contribution in [0, 0.1) is 5.92 Å². The summed E-state index contributed by atoms with van der Waals surface area (Å²) < 4.78 is 5.64. The van der Waals surface area contributed by atoms with Crippen LogP contribution in [0.2, 0.25) is 0 Å². The van der Waals surface area contributed by atoms with Crippen LogP contribution in [0.5, 0.6) is 5.75 Å². The van der Waals surface area contributed by atoms with Crippen LogP contribution in [0.1, 0.15) is 31.9 Å². The molecule has 1 heterocycles. The summed E-state index contributed by atoms with van der Waals surface area (Å²) in [6.07, 6.45) is 2.51. The Morgan fingerprint density at radius 2 is 2.00 bits per heavy atom. The van der Waals surface area contributed by atoms with Crippen molar-refractivity contribution in [1.82, 2.24) is 0 Å². The van der Waals surface area contributed by atoms with Gasteiger partial charge in [0, 0.05) is 0 Å². The van der Waals surface area contributed by atoms with Crippen LogP contribution >= 0.6 is 0 Å². The Hall–Kier alpha value is -1.52. The predicted molar refractivity (Wildman–Crippen MR) is 76.6 cm³/mol. The summed E-state index contributed by atoms with van der Waals surface area (Å²) in [6, 6.07) is 6.86. The molecular weight excluding hydrogens is 239 g/mol. The van der Waals surface area contributed by atoms with Crippen molar-refractivity contribution < 1.29 is 14.8 Å². The largest absolute Gasteiger partial charge is 0.508 e. The van der Waals surface area contributed by atoms with E-state index < -0.39 is 7.12 Å². The van der Waals surface area contributed by atoms with Crippen molar-refractivity contribution in [2.24, 2.45) is 5.92 Å². The molecule has 3 nitrogen and oxygen atoms in total. The molecule has 0 aliphatic carbocycles. The molecule has 2 N–H and O–H groups in total. The molecule has 0 bridgehead atoms. The maximum absolute atomic E-state index is 10.1. The summed E-state index contributed by atoms with van der Waals surface area (Å²) >= 11 is 0. The lowest BCUT2D eigenvalue weighted by atomic mass is 9.69. The first-order valence-electron chi connectivity index (χ1n) is 6.50. The number of rotatable bonds is 3. The van der Waals surface area contributed by atoms with Gasteiger partial charge in [-0.2, -0.15) is 0 Å². The number of allylic oxidation sites excluding steroid dienone is 2. The van der Waals surface area contributed by atoms with Gasteiger partial charge in [-0.15, -0.1) is 0 Å². The van der Waals surface area contributed by atoms with Gasteiger partial charge in [0.15, 0.2) is 0 Å². The van der Waals surface area contributed by atoms with Crippen molar-refractivity contribution in [2.45, 2.75) is 26.4 Å². The van der Waals surface area contributed by atoms with Crippen molar-refractivity contribution in [3.8, 4) is 5.75 Å². The van der Waals surface area contributed by atoms with Gasteiger partial charge in [-0.1, -0.05) is 44.2 Å². The third-order valence-electron chi connectivity index (χ3n) is 3.44. The molecule has 0 spiro atoms. The Morgan fingerprint density at radius 3 is 2.53 bits per heavy atom. The van der Waals surface area contributed by atoms with E-state index in [1.807, 2.05) is 32.1 Å². The molecule has 100 valence electrons. The highest BCUT2D eigenvalue weighted by Gasteiger charge is 2.31. The van der Waals surface area contributed by atoms with Crippen LogP contribution < -0.4 is 0 Å². The van der Waals surface area contributed by atoms with E-state index in [1.54, 1.807) is 12.1 Å². The second kappa shape index (κ2) is 5.64. The first-order chi connectivity index (χ1) is 8.99. The fraction of sp³-hybridized carbons (Fsp3) is 0.333. The Morgan fingerprint density at radius 1 is 1.37 bits per heavy atom. The first kappa shape index (κ1) is 13.9. The van der Waals surface area contributed by atoms with Gasteiger partial charge in [-0.05, 0) is 35.5 Å². The van der Waals surface area contributed by atoms with Gasteiger partial charge in [0.2, 0.25) is 0 Å². The SMILES string of the molecule is C=C(C1=CCC(c2ccc(O)cc2)OB1O)C(C)C. The van der Waals surface area contributed by atoms with E-state index in [-0.39, 0.29) is 17.8 Å². The number of hydrogen-bond donors (Lipinski definition) is 2. The summed E-state index contributed by atoms with van der Waals surface area (Å²) in [4.78, 5) is 0. The van der Waals surface area contributed by atoms with Crippen molar-refractivity contribution >= 4 is 7.12 Å². The highest BCUT2D eigenvalue weighted by atomic mass is 16.5. The van der Waals surface area contributed by atoms with Crippen LogP contribution in [-0.4, -0.2) is 17.2 Å². The Kier molecular flexibility index (Phi) is 4.12. The predicted octanol–water partition coefficient (Wildman–Crippen LogP) is 3.01. The smallest absolute Gasteiger partial charge is 0.491 e. The van der Waals surface area contributed by atoms with Gasteiger partial charge < -0.3 is 14.8 Å². The van der Waals surface area contributed by atoms with Crippen molar-refractivity contribution in [1.29, 1.82) is 0 Å². The lowest BCUT2D eigenvalue weighted by Crippen LogP contribution is -2.29. The standard InChI is InChI=1S/C15H19BO3/c1-10(2)11(3)14-8-9-15(19-16(14)18)12-4-6-13(17)7-5-12/h4-8,10,15,17-18H,3,9H2,1-2H3. The number of aromatic hydroxyl groups is 1. The molecule has 1 aliphatic heterocycles. The lowest BCUT2D eigenvalue weighted by molar-refractivity contribution is 0.168. The molecule has 2 rings (SSSR count). The van der Waals surface area contributed by atoms with E-state index in [9.17, 15) is 10.1 Å². The Labute approximate surface area is 114 Å². The summed E-state index contributed by atoms with van der Waals surface area (Å²) in [5.74, 6) is 0.513. The first-order valence-corrected chi connectivity index (χ1v) is 6.50. The fourth-order valence-electron chi connectivity index (χ4n) is 2.15. The van der Waals surface area contributed by atoms with E-state index in [2.05, 4.69) is 6.58 Å². The van der Waals surface area contributed by atoms with Crippen molar-refractivity contribution in [2.75, 3.05) is 0 Å². The van der Waals surface area contributed by atoms with E-state index in [1.165, 1.54) is 0 Å². The fourth-order valence-corrected chi connectivity index (χ4v) is 2.15. The molecule has 0 aromatic heterocycles. The number of hydrogen-bond acceptors (Lipinski definition) is 3. The van der Waals surface area contributed by atoms with Crippen LogP contribution in [0.25, 0.3) is 0 Å². The third kappa shape index (κ3) is 3.08. The highest BCUT2D eigenvalue weighted by Crippen LogP contribution is 2.32. The third-order valence-corrected chi connectivity index (χ3v) is 3.44. The van der Waals surface area contributed by atoms with E-state index >= 15 is 0 Å². The topological polar surface area (TPSA) is 49.7 Å². The van der Waals surface area contributed by atoms with E-state index in [0.717, 1.165) is 16.6 Å². The number of phenols is 1. The monoisotopic (exact) mass is 258 g/mol. The zero-order chi connectivity index (χ0) is 14.0. The summed E-state index contributed by atoms with van der Waals surface area (Å²) in [6.45, 7) is 8.08. The maximum atomic E-state index is 10.1. The van der Waals surface area contributed by atoms with Crippen LogP contribution in [0.15, 0.2) is 48.0 Å². The average Bonchev–Trinajstić information content (AvgIpc) is 2.38. The molecule has 19 heavy (non-hydrogen) atoms. The molecule has 1 unspecified atom stereocenters. The minimum atomic E-state index is -0.928. The van der Waals surface area contributed by atoms with Gasteiger partial charge >= 0.3 is 7.12 Å². The minimum absolute atomic E-state index is 0.181. The van der Waals surface area contributed by atoms with Gasteiger partial charge in [0.25, 0.3) is 0 Å². The molecule has 1 aliphatic rings. The second-order valence-corrected chi connectivity index (χ2v) is 5.14. The van der Waals surface area contributed by atoms with Crippen LogP contribution in [0.4, 0.5) is 0 Å². The number of benzene rings is 1. The molecule has 0 amide bonds. The van der Waals surface area contributed by atoms with E-state index in [4.69, 9.17) is 4.65 Å². The molecule has 0 saturated carbocycles. The van der Waals surface area contributed by atoms with Gasteiger partial charge in [-0.25, -0.2) is 0 Å². The summed E-state index contributed by atoms with van der Waals surface area (Å²) in [5.41, 5.74) is 2.64. The van der Waals surface area contributed by atoms with Crippen LogP contribution in [-0.2, 0) is 4.65 Å². The van der Waals surface area contributed by atoms with Crippen molar-refractivity contribution in [3.05, 3.63) is 53.5 Å². The highest BCUT2D eigenvalue weighted by molar-refractivity contribution is 6.54. The normalized spacial score (nSPS) is 19.5. The quantitative estimate of drug-likeness (QED) is 0.819. The molecule has 1 atom stereocenters. The van der Waals surface area contributed by atoms with Gasteiger partial charge in [0.05, 0.1) is 6.10 Å². The molecule has 0 fully saturated rings. The van der Waals surface area contributed by atoms with Gasteiger partial charge in [0.1, 0.15) is 5.75 Å². The minimum Gasteiger partial charge on any atom is -0.508 e. The zero-order valence-electron chi connectivity index (χ0n) is 11.3. The molecule has 0 radical (unpaired) electrons. The Balaban J connectivity index is 2.15. The van der Waals surface area contributed by atoms with Crippen LogP contribution in [0.3, 0.4) is 0 Å². The maximum Gasteiger partial charge on any atom is 0.491 e. The molecule has 0 saturated heterocycles. The average molecular weight is 258 g/mol. The Bertz CT molecular complexity index is 491. The van der Waals surface area contributed by atoms with Gasteiger partial charge in [-0.3, -0.25) is 0 Å². The second-order valence-electron chi connectivity index (χ2n) is 5.14. The molecule has 1 aromatic carbocycles. The molecule has 4 heteroatoms. The van der Waals surface area contributed by atoms with E-state index in [0.29, 0.717) is 6.42 Å². The molecule has 1 aromatic rings. The summed E-state index contributed by atoms with van der Waals surface area (Å²) in [7, 11) is -0.928. The lowest BCUT2D eigenvalue weighted by Gasteiger charge is -2.27.